The van der Waals surface area contributed by atoms with Crippen molar-refractivity contribution in [1.82, 2.24) is 0 Å². The number of hydrogen-bond acceptors (Lipinski definition) is 2. The van der Waals surface area contributed by atoms with Gasteiger partial charge in [0, 0.05) is 10.6 Å². The molecule has 0 aliphatic rings. The molecule has 0 aliphatic heterocycles. The van der Waals surface area contributed by atoms with Crippen LogP contribution in [0.5, 0.6) is 5.75 Å². The molecule has 0 aromatic heterocycles. The average Bonchev–Trinajstić information content (AvgIpc) is 2.14. The molecule has 0 N–H and O–H groups in total. The first-order valence-electron chi connectivity index (χ1n) is 3.89. The zero-order valence-corrected chi connectivity index (χ0v) is 8.35. The van der Waals surface area contributed by atoms with Gasteiger partial charge < -0.3 is 4.74 Å². The van der Waals surface area contributed by atoms with Crippen LogP contribution < -0.4 is 4.74 Å². The lowest BCUT2D eigenvalue weighted by atomic mass is 10.1. The molecular weight excluding hydrogens is 186 g/mol. The van der Waals surface area contributed by atoms with Crippen LogP contribution in [0.4, 0.5) is 0 Å². The highest BCUT2D eigenvalue weighted by atomic mass is 35.5. The van der Waals surface area contributed by atoms with Gasteiger partial charge in [0.05, 0.1) is 19.6 Å². The van der Waals surface area contributed by atoms with Gasteiger partial charge in [-0.3, -0.25) is 0 Å². The van der Waals surface area contributed by atoms with Crippen LogP contribution in [0.2, 0.25) is 5.02 Å². The summed E-state index contributed by atoms with van der Waals surface area (Å²) < 4.78 is 5.12. The van der Waals surface area contributed by atoms with E-state index in [4.69, 9.17) is 21.6 Å². The molecule has 13 heavy (non-hydrogen) atoms. The van der Waals surface area contributed by atoms with Gasteiger partial charge in [0.1, 0.15) is 5.75 Å². The predicted molar refractivity (Wildman–Crippen MR) is 52.1 cm³/mol. The summed E-state index contributed by atoms with van der Waals surface area (Å²) in [6, 6.07) is 5.64. The molecule has 0 fully saturated rings. The van der Waals surface area contributed by atoms with Gasteiger partial charge in [-0.15, -0.1) is 0 Å². The highest BCUT2D eigenvalue weighted by Gasteiger charge is 2.08. The number of hydrogen-bond donors (Lipinski definition) is 0. The molecule has 2 nitrogen and oxygen atoms in total. The van der Waals surface area contributed by atoms with Crippen molar-refractivity contribution >= 4 is 11.6 Å². The predicted octanol–water partition coefficient (Wildman–Crippen LogP) is 2.72. The summed E-state index contributed by atoms with van der Waals surface area (Å²) in [5.74, 6) is 0.725. The van der Waals surface area contributed by atoms with Gasteiger partial charge in [0.15, 0.2) is 0 Å². The van der Waals surface area contributed by atoms with Crippen molar-refractivity contribution < 1.29 is 4.74 Å². The number of benzene rings is 1. The van der Waals surface area contributed by atoms with Crippen molar-refractivity contribution in [3.05, 3.63) is 28.3 Å². The van der Waals surface area contributed by atoms with E-state index < -0.39 is 0 Å². The van der Waals surface area contributed by atoms with Crippen LogP contribution in [-0.2, 0) is 6.42 Å². The second-order valence-electron chi connectivity index (χ2n) is 2.69. The number of nitrogens with zero attached hydrogens (tertiary/aromatic N) is 1. The smallest absolute Gasteiger partial charge is 0.123 e. The Morgan fingerprint density at radius 2 is 2.23 bits per heavy atom. The van der Waals surface area contributed by atoms with Gasteiger partial charge >= 0.3 is 0 Å². The Balaban J connectivity index is 3.25. The molecular formula is C10H10ClNO. The summed E-state index contributed by atoms with van der Waals surface area (Å²) >= 11 is 5.91. The fourth-order valence-electron chi connectivity index (χ4n) is 1.19. The normalized spacial score (nSPS) is 9.38. The molecule has 0 atom stereocenters. The lowest BCUT2D eigenvalue weighted by Gasteiger charge is -2.09. The van der Waals surface area contributed by atoms with Gasteiger partial charge in [0.2, 0.25) is 0 Å². The molecule has 0 spiro atoms. The molecule has 0 saturated heterocycles. The molecule has 0 bridgehead atoms. The van der Waals surface area contributed by atoms with Gasteiger partial charge in [-0.1, -0.05) is 11.6 Å². The molecule has 0 saturated carbocycles. The third-order valence-electron chi connectivity index (χ3n) is 1.97. The molecule has 0 amide bonds. The minimum Gasteiger partial charge on any atom is -0.496 e. The number of halogens is 1. The quantitative estimate of drug-likeness (QED) is 0.727. The summed E-state index contributed by atoms with van der Waals surface area (Å²) in [5, 5.41) is 9.28. The highest BCUT2D eigenvalue weighted by molar-refractivity contribution is 6.31. The van der Waals surface area contributed by atoms with Gasteiger partial charge in [-0.05, 0) is 24.6 Å². The third-order valence-corrected chi connectivity index (χ3v) is 2.37. The summed E-state index contributed by atoms with van der Waals surface area (Å²) in [7, 11) is 1.59. The zero-order chi connectivity index (χ0) is 9.84. The van der Waals surface area contributed by atoms with E-state index in [1.54, 1.807) is 19.2 Å². The van der Waals surface area contributed by atoms with E-state index in [1.165, 1.54) is 0 Å². The maximum Gasteiger partial charge on any atom is 0.123 e. The van der Waals surface area contributed by atoms with E-state index in [-0.39, 0.29) is 0 Å². The van der Waals surface area contributed by atoms with Gasteiger partial charge in [0.25, 0.3) is 0 Å². The fourth-order valence-corrected chi connectivity index (χ4v) is 1.37. The van der Waals surface area contributed by atoms with E-state index in [0.717, 1.165) is 16.9 Å². The lowest BCUT2D eigenvalue weighted by molar-refractivity contribution is 0.410. The first-order chi connectivity index (χ1) is 6.20. The average molecular weight is 196 g/mol. The Morgan fingerprint density at radius 3 is 2.77 bits per heavy atom. The van der Waals surface area contributed by atoms with E-state index in [1.807, 2.05) is 6.92 Å². The van der Waals surface area contributed by atoms with Crippen molar-refractivity contribution in [2.24, 2.45) is 0 Å². The monoisotopic (exact) mass is 195 g/mol. The maximum atomic E-state index is 8.61. The third kappa shape index (κ3) is 1.93. The summed E-state index contributed by atoms with van der Waals surface area (Å²) in [6.07, 6.45) is 0.329. The number of rotatable bonds is 2. The Labute approximate surface area is 82.7 Å². The first kappa shape index (κ1) is 9.88. The van der Waals surface area contributed by atoms with Crippen LogP contribution in [0.15, 0.2) is 12.1 Å². The first-order valence-corrected chi connectivity index (χ1v) is 4.27. The van der Waals surface area contributed by atoms with Crippen molar-refractivity contribution in [1.29, 1.82) is 5.26 Å². The van der Waals surface area contributed by atoms with E-state index in [0.29, 0.717) is 11.4 Å². The number of ether oxygens (including phenoxy) is 1. The fraction of sp³-hybridized carbons (Fsp3) is 0.300. The minimum atomic E-state index is 0.329. The number of nitriles is 1. The van der Waals surface area contributed by atoms with Crippen molar-refractivity contribution in [3.8, 4) is 11.8 Å². The minimum absolute atomic E-state index is 0.329. The number of methoxy groups -OCH3 is 1. The van der Waals surface area contributed by atoms with Crippen LogP contribution in [0.25, 0.3) is 0 Å². The Hall–Kier alpha value is -1.20. The maximum absolute atomic E-state index is 8.61. The van der Waals surface area contributed by atoms with E-state index in [2.05, 4.69) is 6.07 Å². The van der Waals surface area contributed by atoms with Crippen LogP contribution in [-0.4, -0.2) is 7.11 Å². The molecule has 0 radical (unpaired) electrons. The molecule has 0 heterocycles. The lowest BCUT2D eigenvalue weighted by Crippen LogP contribution is -1.94. The van der Waals surface area contributed by atoms with E-state index in [9.17, 15) is 0 Å². The van der Waals surface area contributed by atoms with Gasteiger partial charge in [-0.2, -0.15) is 5.26 Å². The van der Waals surface area contributed by atoms with Crippen LogP contribution >= 0.6 is 11.6 Å². The largest absolute Gasteiger partial charge is 0.496 e. The van der Waals surface area contributed by atoms with E-state index >= 15 is 0 Å². The Kier molecular flexibility index (Phi) is 3.16. The van der Waals surface area contributed by atoms with Crippen molar-refractivity contribution in [2.75, 3.05) is 7.11 Å². The molecule has 0 unspecified atom stereocenters. The van der Waals surface area contributed by atoms with Crippen molar-refractivity contribution in [3.63, 3.8) is 0 Å². The Morgan fingerprint density at radius 1 is 1.54 bits per heavy atom. The summed E-state index contributed by atoms with van der Waals surface area (Å²) in [5.41, 5.74) is 1.79. The second kappa shape index (κ2) is 4.15. The topological polar surface area (TPSA) is 33.0 Å². The van der Waals surface area contributed by atoms with Crippen molar-refractivity contribution in [2.45, 2.75) is 13.3 Å². The summed E-state index contributed by atoms with van der Waals surface area (Å²) in [6.45, 7) is 1.89. The highest BCUT2D eigenvalue weighted by Crippen LogP contribution is 2.28. The second-order valence-corrected chi connectivity index (χ2v) is 3.10. The summed E-state index contributed by atoms with van der Waals surface area (Å²) in [4.78, 5) is 0. The van der Waals surface area contributed by atoms with Gasteiger partial charge in [-0.25, -0.2) is 0 Å². The zero-order valence-electron chi connectivity index (χ0n) is 7.60. The molecule has 1 aromatic rings. The molecule has 68 valence electrons. The molecule has 1 aromatic carbocycles. The molecule has 3 heteroatoms. The molecule has 0 aliphatic carbocycles. The van der Waals surface area contributed by atoms with Crippen LogP contribution in [0, 0.1) is 18.3 Å². The standard InChI is InChI=1S/C10H10ClNO/c1-7-8(5-6-12)10(13-2)4-3-9(7)11/h3-4H,5H2,1-2H3. The Bertz CT molecular complexity index is 355. The van der Waals surface area contributed by atoms with Crippen LogP contribution in [0.3, 0.4) is 0 Å². The molecule has 1 rings (SSSR count). The van der Waals surface area contributed by atoms with Crippen LogP contribution in [0.1, 0.15) is 11.1 Å². The SMILES string of the molecule is COc1ccc(Cl)c(C)c1CC#N.